The molecule has 6 heteroatoms. The monoisotopic (exact) mass is 384 g/mol. The van der Waals surface area contributed by atoms with E-state index in [4.69, 9.17) is 16.3 Å². The number of likely N-dealkylation sites (tertiary alicyclic amines) is 1. The lowest BCUT2D eigenvalue weighted by Gasteiger charge is -2.32. The molecule has 0 unspecified atom stereocenters. The summed E-state index contributed by atoms with van der Waals surface area (Å²) >= 11 is 6.02. The largest absolute Gasteiger partial charge is 0.488 e. The Bertz CT molecular complexity index is 982. The van der Waals surface area contributed by atoms with Crippen LogP contribution < -0.4 is 4.74 Å². The van der Waals surface area contributed by atoms with E-state index in [0.29, 0.717) is 31.5 Å². The second kappa shape index (κ2) is 7.53. The van der Waals surface area contributed by atoms with Crippen molar-refractivity contribution in [1.29, 1.82) is 0 Å². The zero-order valence-electron chi connectivity index (χ0n) is 14.6. The fourth-order valence-corrected chi connectivity index (χ4v) is 3.61. The molecule has 0 atom stereocenters. The summed E-state index contributed by atoms with van der Waals surface area (Å²) in [5, 5.41) is 1.17. The molecule has 1 fully saturated rings. The number of fused-ring (bicyclic) bond motifs is 1. The van der Waals surface area contributed by atoms with Gasteiger partial charge in [0.1, 0.15) is 23.2 Å². The van der Waals surface area contributed by atoms with Crippen LogP contribution in [0.5, 0.6) is 5.75 Å². The second-order valence-electron chi connectivity index (χ2n) is 6.56. The van der Waals surface area contributed by atoms with Gasteiger partial charge in [-0.15, -0.1) is 0 Å². The zero-order chi connectivity index (χ0) is 18.8. The van der Waals surface area contributed by atoms with Gasteiger partial charge in [-0.3, -0.25) is 9.78 Å². The van der Waals surface area contributed by atoms with E-state index in [-0.39, 0.29) is 17.0 Å². The van der Waals surface area contributed by atoms with Crippen LogP contribution in [0.3, 0.4) is 0 Å². The van der Waals surface area contributed by atoms with Crippen LogP contribution in [-0.2, 0) is 0 Å². The average molecular weight is 385 g/mol. The molecule has 1 aliphatic rings. The minimum absolute atomic E-state index is 0.0188. The fraction of sp³-hybridized carbons (Fsp3) is 0.238. The Labute approximate surface area is 161 Å². The first-order valence-corrected chi connectivity index (χ1v) is 9.24. The summed E-state index contributed by atoms with van der Waals surface area (Å²) in [4.78, 5) is 18.8. The molecule has 1 aliphatic heterocycles. The maximum atomic E-state index is 13.2. The molecule has 3 aromatic rings. The SMILES string of the molecule is O=C(c1ccc(F)cc1Cl)N1CCC(Oc2cccc3cccnc23)CC1. The van der Waals surface area contributed by atoms with Crippen LogP contribution in [0.25, 0.3) is 10.9 Å². The van der Waals surface area contributed by atoms with Gasteiger partial charge in [-0.05, 0) is 30.3 Å². The number of ether oxygens (including phenoxy) is 1. The number of hydrogen-bond acceptors (Lipinski definition) is 3. The van der Waals surface area contributed by atoms with Gasteiger partial charge >= 0.3 is 0 Å². The van der Waals surface area contributed by atoms with Crippen molar-refractivity contribution in [3.05, 3.63) is 71.1 Å². The zero-order valence-corrected chi connectivity index (χ0v) is 15.3. The Morgan fingerprint density at radius 3 is 2.70 bits per heavy atom. The van der Waals surface area contributed by atoms with Crippen molar-refractivity contribution >= 4 is 28.4 Å². The summed E-state index contributed by atoms with van der Waals surface area (Å²) in [6, 6.07) is 13.6. The number of halogens is 2. The third-order valence-corrected chi connectivity index (χ3v) is 5.09. The minimum atomic E-state index is -0.452. The van der Waals surface area contributed by atoms with E-state index in [9.17, 15) is 9.18 Å². The van der Waals surface area contributed by atoms with Gasteiger partial charge in [0.05, 0.1) is 10.6 Å². The third-order valence-electron chi connectivity index (χ3n) is 4.78. The molecule has 27 heavy (non-hydrogen) atoms. The van der Waals surface area contributed by atoms with Gasteiger partial charge in [0.2, 0.25) is 0 Å². The van der Waals surface area contributed by atoms with Gasteiger partial charge < -0.3 is 9.64 Å². The molecule has 0 radical (unpaired) electrons. The molecule has 0 N–H and O–H groups in total. The van der Waals surface area contributed by atoms with Crippen LogP contribution in [0.15, 0.2) is 54.7 Å². The van der Waals surface area contributed by atoms with Crippen molar-refractivity contribution in [3.8, 4) is 5.75 Å². The molecule has 0 bridgehead atoms. The molecule has 2 aromatic carbocycles. The lowest BCUT2D eigenvalue weighted by molar-refractivity contribution is 0.0598. The smallest absolute Gasteiger partial charge is 0.255 e. The fourth-order valence-electron chi connectivity index (χ4n) is 3.36. The van der Waals surface area contributed by atoms with Gasteiger partial charge in [0, 0.05) is 37.5 Å². The maximum Gasteiger partial charge on any atom is 0.255 e. The van der Waals surface area contributed by atoms with E-state index in [2.05, 4.69) is 4.98 Å². The molecule has 1 amide bonds. The van der Waals surface area contributed by atoms with Crippen molar-refractivity contribution < 1.29 is 13.9 Å². The number of carbonyl (C=O) groups is 1. The average Bonchev–Trinajstić information content (AvgIpc) is 2.68. The number of pyridine rings is 1. The lowest BCUT2D eigenvalue weighted by atomic mass is 10.1. The summed E-state index contributed by atoms with van der Waals surface area (Å²) in [5.74, 6) is 0.136. The van der Waals surface area contributed by atoms with Crippen LogP contribution in [-0.4, -0.2) is 35.0 Å². The first-order valence-electron chi connectivity index (χ1n) is 8.86. The van der Waals surface area contributed by atoms with Crippen molar-refractivity contribution in [2.45, 2.75) is 18.9 Å². The Balaban J connectivity index is 1.42. The number of rotatable bonds is 3. The quantitative estimate of drug-likeness (QED) is 0.656. The first-order chi connectivity index (χ1) is 13.1. The van der Waals surface area contributed by atoms with Gasteiger partial charge in [-0.25, -0.2) is 4.39 Å². The summed E-state index contributed by atoms with van der Waals surface area (Å²) in [6.45, 7) is 1.13. The van der Waals surface area contributed by atoms with Crippen LogP contribution in [0.2, 0.25) is 5.02 Å². The van der Waals surface area contributed by atoms with Crippen LogP contribution in [0.1, 0.15) is 23.2 Å². The van der Waals surface area contributed by atoms with Crippen molar-refractivity contribution in [1.82, 2.24) is 9.88 Å². The van der Waals surface area contributed by atoms with Gasteiger partial charge in [-0.2, -0.15) is 0 Å². The van der Waals surface area contributed by atoms with Crippen molar-refractivity contribution in [2.75, 3.05) is 13.1 Å². The number of hydrogen-bond donors (Lipinski definition) is 0. The minimum Gasteiger partial charge on any atom is -0.488 e. The number of amides is 1. The Hall–Kier alpha value is -2.66. The Kier molecular flexibility index (Phi) is 4.94. The molecular formula is C21H18ClFN2O2. The van der Waals surface area contributed by atoms with E-state index in [1.54, 1.807) is 11.1 Å². The molecule has 4 nitrogen and oxygen atoms in total. The number of aromatic nitrogens is 1. The molecular weight excluding hydrogens is 367 g/mol. The van der Waals surface area contributed by atoms with Crippen molar-refractivity contribution in [3.63, 3.8) is 0 Å². The third kappa shape index (κ3) is 3.74. The number of piperidine rings is 1. The summed E-state index contributed by atoms with van der Waals surface area (Å²) < 4.78 is 19.4. The van der Waals surface area contributed by atoms with Gasteiger partial charge in [-0.1, -0.05) is 29.8 Å². The van der Waals surface area contributed by atoms with E-state index < -0.39 is 5.82 Å². The standard InChI is InChI=1S/C21H18ClFN2O2/c22-18-13-15(23)6-7-17(18)21(26)25-11-8-16(9-12-25)27-19-5-1-3-14-4-2-10-24-20(14)19/h1-7,10,13,16H,8-9,11-12H2. The topological polar surface area (TPSA) is 42.4 Å². The highest BCUT2D eigenvalue weighted by Gasteiger charge is 2.26. The normalized spacial score (nSPS) is 15.1. The molecule has 2 heterocycles. The molecule has 138 valence electrons. The first kappa shape index (κ1) is 17.7. The molecule has 1 aromatic heterocycles. The second-order valence-corrected chi connectivity index (χ2v) is 6.97. The highest BCUT2D eigenvalue weighted by atomic mass is 35.5. The maximum absolute atomic E-state index is 13.2. The Morgan fingerprint density at radius 1 is 1.15 bits per heavy atom. The summed E-state index contributed by atoms with van der Waals surface area (Å²) in [6.07, 6.45) is 3.20. The molecule has 4 rings (SSSR count). The molecule has 0 spiro atoms. The van der Waals surface area contributed by atoms with Crippen molar-refractivity contribution in [2.24, 2.45) is 0 Å². The van der Waals surface area contributed by atoms with E-state index in [1.165, 1.54) is 12.1 Å². The lowest BCUT2D eigenvalue weighted by Crippen LogP contribution is -2.41. The highest BCUT2D eigenvalue weighted by Crippen LogP contribution is 2.27. The molecule has 0 saturated carbocycles. The number of carbonyl (C=O) groups excluding carboxylic acids is 1. The van der Waals surface area contributed by atoms with Gasteiger partial charge in [0.15, 0.2) is 0 Å². The number of para-hydroxylation sites is 1. The number of benzene rings is 2. The van der Waals surface area contributed by atoms with E-state index >= 15 is 0 Å². The van der Waals surface area contributed by atoms with E-state index in [1.807, 2.05) is 30.3 Å². The predicted molar refractivity (Wildman–Crippen MR) is 103 cm³/mol. The van der Waals surface area contributed by atoms with Gasteiger partial charge in [0.25, 0.3) is 5.91 Å². The summed E-state index contributed by atoms with van der Waals surface area (Å²) in [5.41, 5.74) is 1.17. The highest BCUT2D eigenvalue weighted by molar-refractivity contribution is 6.33. The molecule has 1 saturated heterocycles. The van der Waals surface area contributed by atoms with E-state index in [0.717, 1.165) is 22.7 Å². The van der Waals surface area contributed by atoms with Crippen LogP contribution in [0, 0.1) is 5.82 Å². The van der Waals surface area contributed by atoms with Crippen LogP contribution >= 0.6 is 11.6 Å². The Morgan fingerprint density at radius 2 is 1.93 bits per heavy atom. The summed E-state index contributed by atoms with van der Waals surface area (Å²) in [7, 11) is 0. The predicted octanol–water partition coefficient (Wildman–Crippen LogP) is 4.71. The number of nitrogens with zero attached hydrogens (tertiary/aromatic N) is 2. The molecule has 0 aliphatic carbocycles. The van der Waals surface area contributed by atoms with Crippen LogP contribution in [0.4, 0.5) is 4.39 Å².